The lowest BCUT2D eigenvalue weighted by Crippen LogP contribution is -2.02. The summed E-state index contributed by atoms with van der Waals surface area (Å²) in [5.41, 5.74) is 2.00. The van der Waals surface area contributed by atoms with Crippen molar-refractivity contribution in [1.82, 2.24) is 0 Å². The Hall–Kier alpha value is -1.39. The molecule has 0 aromatic heterocycles. The molecule has 2 aromatic carbocycles. The summed E-state index contributed by atoms with van der Waals surface area (Å²) < 4.78 is 11.6. The summed E-state index contributed by atoms with van der Waals surface area (Å²) in [6, 6.07) is 11.7. The topological polar surface area (TPSA) is 30.5 Å². The molecule has 3 nitrogen and oxygen atoms in total. The van der Waals surface area contributed by atoms with Crippen LogP contribution in [-0.2, 0) is 6.54 Å². The molecule has 5 heteroatoms. The minimum Gasteiger partial charge on any atom is -0.495 e. The SMILES string of the molecule is COc1cc(OC)c(NCc2ccc(Br)cc2)cc1Cl. The molecule has 1 N–H and O–H groups in total. The lowest BCUT2D eigenvalue weighted by molar-refractivity contribution is 0.395. The normalized spacial score (nSPS) is 10.2. The number of hydrogen-bond acceptors (Lipinski definition) is 3. The van der Waals surface area contributed by atoms with E-state index in [0.717, 1.165) is 10.2 Å². The molecule has 106 valence electrons. The molecule has 0 aliphatic heterocycles. The summed E-state index contributed by atoms with van der Waals surface area (Å²) >= 11 is 9.55. The van der Waals surface area contributed by atoms with Crippen molar-refractivity contribution in [2.75, 3.05) is 19.5 Å². The fourth-order valence-electron chi connectivity index (χ4n) is 1.80. The van der Waals surface area contributed by atoms with Crippen LogP contribution in [0.5, 0.6) is 11.5 Å². The van der Waals surface area contributed by atoms with Gasteiger partial charge in [-0.2, -0.15) is 0 Å². The van der Waals surface area contributed by atoms with Crippen LogP contribution in [0.3, 0.4) is 0 Å². The first-order chi connectivity index (χ1) is 9.63. The Kier molecular flexibility index (Phi) is 5.15. The number of anilines is 1. The lowest BCUT2D eigenvalue weighted by atomic mass is 10.2. The molecule has 20 heavy (non-hydrogen) atoms. The molecule has 0 atom stereocenters. The molecule has 0 radical (unpaired) electrons. The Morgan fingerprint density at radius 1 is 1.05 bits per heavy atom. The Labute approximate surface area is 132 Å². The van der Waals surface area contributed by atoms with Gasteiger partial charge < -0.3 is 14.8 Å². The first kappa shape index (κ1) is 15.0. The van der Waals surface area contributed by atoms with Crippen molar-refractivity contribution in [2.24, 2.45) is 0 Å². The number of methoxy groups -OCH3 is 2. The van der Waals surface area contributed by atoms with Crippen molar-refractivity contribution < 1.29 is 9.47 Å². The molecule has 0 amide bonds. The Morgan fingerprint density at radius 2 is 1.70 bits per heavy atom. The van der Waals surface area contributed by atoms with E-state index < -0.39 is 0 Å². The van der Waals surface area contributed by atoms with Gasteiger partial charge in [-0.1, -0.05) is 39.7 Å². The second-order valence-electron chi connectivity index (χ2n) is 4.17. The molecule has 0 saturated heterocycles. The average Bonchev–Trinajstić information content (AvgIpc) is 2.46. The highest BCUT2D eigenvalue weighted by molar-refractivity contribution is 9.10. The van der Waals surface area contributed by atoms with Crippen LogP contribution in [0.1, 0.15) is 5.56 Å². The second kappa shape index (κ2) is 6.86. The highest BCUT2D eigenvalue weighted by atomic mass is 79.9. The smallest absolute Gasteiger partial charge is 0.145 e. The molecule has 0 heterocycles. The van der Waals surface area contributed by atoms with Crippen LogP contribution in [0.4, 0.5) is 5.69 Å². The van der Waals surface area contributed by atoms with Gasteiger partial charge in [-0.15, -0.1) is 0 Å². The number of benzene rings is 2. The fraction of sp³-hybridized carbons (Fsp3) is 0.200. The molecular formula is C15H15BrClNO2. The first-order valence-electron chi connectivity index (χ1n) is 6.04. The maximum Gasteiger partial charge on any atom is 0.145 e. The predicted octanol–water partition coefficient (Wildman–Crippen LogP) is 4.73. The van der Waals surface area contributed by atoms with Crippen LogP contribution in [0.2, 0.25) is 5.02 Å². The predicted molar refractivity (Wildman–Crippen MR) is 86.0 cm³/mol. The van der Waals surface area contributed by atoms with Crippen LogP contribution in [0.25, 0.3) is 0 Å². The summed E-state index contributed by atoms with van der Waals surface area (Å²) in [6.07, 6.45) is 0. The van der Waals surface area contributed by atoms with Gasteiger partial charge in [-0.05, 0) is 23.8 Å². The largest absolute Gasteiger partial charge is 0.495 e. The molecule has 0 fully saturated rings. The third-order valence-corrected chi connectivity index (χ3v) is 3.69. The van der Waals surface area contributed by atoms with Crippen molar-refractivity contribution in [2.45, 2.75) is 6.54 Å². The third kappa shape index (κ3) is 3.58. The van der Waals surface area contributed by atoms with Crippen LogP contribution in [-0.4, -0.2) is 14.2 Å². The van der Waals surface area contributed by atoms with E-state index in [9.17, 15) is 0 Å². The van der Waals surface area contributed by atoms with Crippen molar-refractivity contribution in [3.05, 3.63) is 51.5 Å². The highest BCUT2D eigenvalue weighted by Gasteiger charge is 2.09. The number of rotatable bonds is 5. The van der Waals surface area contributed by atoms with Gasteiger partial charge >= 0.3 is 0 Å². The Morgan fingerprint density at radius 3 is 2.30 bits per heavy atom. The van der Waals surface area contributed by atoms with Crippen LogP contribution in [0, 0.1) is 0 Å². The number of halogens is 2. The van der Waals surface area contributed by atoms with E-state index in [0.29, 0.717) is 23.1 Å². The number of hydrogen-bond donors (Lipinski definition) is 1. The molecule has 0 spiro atoms. The van der Waals surface area contributed by atoms with Gasteiger partial charge in [0, 0.05) is 17.1 Å². The van der Waals surface area contributed by atoms with E-state index in [1.165, 1.54) is 5.56 Å². The fourth-order valence-corrected chi connectivity index (χ4v) is 2.30. The zero-order valence-corrected chi connectivity index (χ0v) is 13.6. The highest BCUT2D eigenvalue weighted by Crippen LogP contribution is 2.36. The third-order valence-electron chi connectivity index (χ3n) is 2.87. The standard InChI is InChI=1S/C15H15BrClNO2/c1-19-14-8-15(20-2)13(7-12(14)17)18-9-10-3-5-11(16)6-4-10/h3-8,18H,9H2,1-2H3. The molecule has 0 saturated carbocycles. The Bertz CT molecular complexity index is 587. The first-order valence-corrected chi connectivity index (χ1v) is 7.21. The molecular weight excluding hydrogens is 342 g/mol. The zero-order valence-electron chi connectivity index (χ0n) is 11.2. The zero-order chi connectivity index (χ0) is 14.5. The summed E-state index contributed by atoms with van der Waals surface area (Å²) in [7, 11) is 3.20. The van der Waals surface area contributed by atoms with Gasteiger partial charge in [0.1, 0.15) is 11.5 Å². The second-order valence-corrected chi connectivity index (χ2v) is 5.49. The number of ether oxygens (including phenoxy) is 2. The molecule has 0 unspecified atom stereocenters. The van der Waals surface area contributed by atoms with Crippen LogP contribution in [0.15, 0.2) is 40.9 Å². The molecule has 2 aromatic rings. The van der Waals surface area contributed by atoms with Crippen molar-refractivity contribution in [3.63, 3.8) is 0 Å². The lowest BCUT2D eigenvalue weighted by Gasteiger charge is -2.14. The summed E-state index contributed by atoms with van der Waals surface area (Å²) in [6.45, 7) is 0.687. The quantitative estimate of drug-likeness (QED) is 0.840. The van der Waals surface area contributed by atoms with Crippen molar-refractivity contribution in [1.29, 1.82) is 0 Å². The minimum absolute atomic E-state index is 0.548. The Balaban J connectivity index is 2.16. The van der Waals surface area contributed by atoms with Crippen molar-refractivity contribution >= 4 is 33.2 Å². The van der Waals surface area contributed by atoms with Gasteiger partial charge in [0.15, 0.2) is 0 Å². The minimum atomic E-state index is 0.548. The van der Waals surface area contributed by atoms with Gasteiger partial charge in [0.2, 0.25) is 0 Å². The van der Waals surface area contributed by atoms with Gasteiger partial charge in [-0.3, -0.25) is 0 Å². The van der Waals surface area contributed by atoms with E-state index >= 15 is 0 Å². The molecule has 0 aliphatic carbocycles. The van der Waals surface area contributed by atoms with Gasteiger partial charge in [0.25, 0.3) is 0 Å². The van der Waals surface area contributed by atoms with Crippen LogP contribution < -0.4 is 14.8 Å². The van der Waals surface area contributed by atoms with Crippen molar-refractivity contribution in [3.8, 4) is 11.5 Å². The molecule has 2 rings (SSSR count). The van der Waals surface area contributed by atoms with E-state index in [4.69, 9.17) is 21.1 Å². The molecule has 0 aliphatic rings. The summed E-state index contributed by atoms with van der Waals surface area (Å²) in [5.74, 6) is 1.29. The summed E-state index contributed by atoms with van der Waals surface area (Å²) in [5, 5.41) is 3.86. The maximum absolute atomic E-state index is 6.13. The van der Waals surface area contributed by atoms with Gasteiger partial charge in [-0.25, -0.2) is 0 Å². The van der Waals surface area contributed by atoms with E-state index in [2.05, 4.69) is 33.4 Å². The summed E-state index contributed by atoms with van der Waals surface area (Å²) in [4.78, 5) is 0. The van der Waals surface area contributed by atoms with Crippen LogP contribution >= 0.6 is 27.5 Å². The molecule has 0 bridgehead atoms. The average molecular weight is 357 g/mol. The van der Waals surface area contributed by atoms with Gasteiger partial charge in [0.05, 0.1) is 24.9 Å². The van der Waals surface area contributed by atoms with E-state index in [-0.39, 0.29) is 0 Å². The van der Waals surface area contributed by atoms with E-state index in [1.54, 1.807) is 26.4 Å². The maximum atomic E-state index is 6.13. The monoisotopic (exact) mass is 355 g/mol. The number of nitrogens with one attached hydrogen (secondary N) is 1. The van der Waals surface area contributed by atoms with E-state index in [1.807, 2.05) is 12.1 Å².